The second-order valence-electron chi connectivity index (χ2n) is 5.47. The third kappa shape index (κ3) is 3.03. The van der Waals surface area contributed by atoms with Gasteiger partial charge in [-0.3, -0.25) is 4.79 Å². The maximum atomic E-state index is 12.8. The van der Waals surface area contributed by atoms with Gasteiger partial charge in [0, 0.05) is 22.5 Å². The maximum absolute atomic E-state index is 12.8. The van der Waals surface area contributed by atoms with Gasteiger partial charge in [-0.15, -0.1) is 0 Å². The van der Waals surface area contributed by atoms with Crippen LogP contribution in [0.15, 0.2) is 18.2 Å². The number of morpholine rings is 1. The molecule has 4 nitrogen and oxygen atoms in total. The van der Waals surface area contributed by atoms with Crippen LogP contribution in [-0.2, 0) is 4.74 Å². The van der Waals surface area contributed by atoms with Crippen molar-refractivity contribution in [2.45, 2.75) is 19.2 Å². The number of nitrogens with zero attached hydrogens (tertiary/aromatic N) is 1. The molecule has 2 heterocycles. The summed E-state index contributed by atoms with van der Waals surface area (Å²) >= 11 is 5.95. The molecule has 0 saturated carbocycles. The summed E-state index contributed by atoms with van der Waals surface area (Å²) in [4.78, 5) is 16.7. The van der Waals surface area contributed by atoms with E-state index >= 15 is 0 Å². The highest BCUT2D eigenvalue weighted by Crippen LogP contribution is 2.28. The Bertz CT molecular complexity index is 757. The number of hydrogen-bond donors (Lipinski definition) is 1. The molecule has 124 valence electrons. The van der Waals surface area contributed by atoms with Crippen LogP contribution in [0.5, 0.6) is 0 Å². The molecule has 3 rings (SSSR count). The molecule has 1 aromatic carbocycles. The molecule has 0 radical (unpaired) electrons. The topological polar surface area (TPSA) is 45.3 Å². The van der Waals surface area contributed by atoms with Crippen molar-refractivity contribution in [2.24, 2.45) is 0 Å². The number of H-pyrrole nitrogens is 1. The largest absolute Gasteiger partial charge is 0.416 e. The number of halogens is 4. The van der Waals surface area contributed by atoms with Gasteiger partial charge in [0.2, 0.25) is 0 Å². The standard InChI is InChI=1S/C15H14ClF3N2O2/c1-8-10-6-9(16)2-3-11(10)20-13(8)14(22)21-4-5-23-12(7-21)15(17,18)19/h2-3,6,12,20H,4-5,7H2,1H3/t12-/m0/s1. The minimum Gasteiger partial charge on any atom is -0.365 e. The number of aromatic amines is 1. The highest BCUT2D eigenvalue weighted by molar-refractivity contribution is 6.31. The second-order valence-corrected chi connectivity index (χ2v) is 5.90. The number of aromatic nitrogens is 1. The van der Waals surface area contributed by atoms with Crippen LogP contribution < -0.4 is 0 Å². The van der Waals surface area contributed by atoms with E-state index in [1.165, 1.54) is 4.90 Å². The van der Waals surface area contributed by atoms with Crippen molar-refractivity contribution in [3.05, 3.63) is 34.5 Å². The first-order valence-corrected chi connectivity index (χ1v) is 7.40. The SMILES string of the molecule is Cc1c(C(=O)N2CCO[C@H](C(F)(F)F)C2)[nH]c2ccc(Cl)cc12. The average Bonchev–Trinajstić information content (AvgIpc) is 2.83. The van der Waals surface area contributed by atoms with Crippen LogP contribution in [0.3, 0.4) is 0 Å². The number of alkyl halides is 3. The first-order valence-electron chi connectivity index (χ1n) is 7.03. The Kier molecular flexibility index (Phi) is 4.01. The van der Waals surface area contributed by atoms with Gasteiger partial charge in [0.05, 0.1) is 13.2 Å². The summed E-state index contributed by atoms with van der Waals surface area (Å²) in [5.41, 5.74) is 1.67. The third-order valence-corrected chi connectivity index (χ3v) is 4.19. The molecular weight excluding hydrogens is 333 g/mol. The van der Waals surface area contributed by atoms with Crippen molar-refractivity contribution in [3.8, 4) is 0 Å². The fraction of sp³-hybridized carbons (Fsp3) is 0.400. The third-order valence-electron chi connectivity index (χ3n) is 3.95. The summed E-state index contributed by atoms with van der Waals surface area (Å²) in [7, 11) is 0. The van der Waals surface area contributed by atoms with Gasteiger partial charge in [-0.25, -0.2) is 0 Å². The lowest BCUT2D eigenvalue weighted by molar-refractivity contribution is -0.233. The highest BCUT2D eigenvalue weighted by Gasteiger charge is 2.44. The van der Waals surface area contributed by atoms with Gasteiger partial charge in [-0.2, -0.15) is 13.2 Å². The molecule has 1 fully saturated rings. The van der Waals surface area contributed by atoms with Crippen LogP contribution in [0.4, 0.5) is 13.2 Å². The number of rotatable bonds is 1. The Morgan fingerprint density at radius 2 is 2.17 bits per heavy atom. The Labute approximate surface area is 135 Å². The molecule has 0 unspecified atom stereocenters. The lowest BCUT2D eigenvalue weighted by Crippen LogP contribution is -2.51. The summed E-state index contributed by atoms with van der Waals surface area (Å²) in [6, 6.07) is 5.14. The first kappa shape index (κ1) is 16.1. The van der Waals surface area contributed by atoms with E-state index in [-0.39, 0.29) is 18.8 Å². The van der Waals surface area contributed by atoms with Crippen molar-refractivity contribution < 1.29 is 22.7 Å². The van der Waals surface area contributed by atoms with E-state index in [4.69, 9.17) is 16.3 Å². The highest BCUT2D eigenvalue weighted by atomic mass is 35.5. The first-order chi connectivity index (χ1) is 10.8. The average molecular weight is 347 g/mol. The molecule has 1 amide bonds. The molecule has 0 spiro atoms. The number of hydrogen-bond acceptors (Lipinski definition) is 2. The zero-order chi connectivity index (χ0) is 16.8. The van der Waals surface area contributed by atoms with Crippen LogP contribution in [0.25, 0.3) is 10.9 Å². The Morgan fingerprint density at radius 3 is 2.87 bits per heavy atom. The molecule has 8 heteroatoms. The summed E-state index contributed by atoms with van der Waals surface area (Å²) in [6.45, 7) is 1.23. The number of ether oxygens (including phenoxy) is 1. The number of benzene rings is 1. The molecule has 1 N–H and O–H groups in total. The smallest absolute Gasteiger partial charge is 0.365 e. The van der Waals surface area contributed by atoms with Gasteiger partial charge in [0.15, 0.2) is 6.10 Å². The molecule has 2 aromatic rings. The minimum atomic E-state index is -4.48. The van der Waals surface area contributed by atoms with Crippen LogP contribution in [0.2, 0.25) is 5.02 Å². The quantitative estimate of drug-likeness (QED) is 0.858. The van der Waals surface area contributed by atoms with Crippen molar-refractivity contribution in [3.63, 3.8) is 0 Å². The Balaban J connectivity index is 1.90. The molecule has 0 bridgehead atoms. The van der Waals surface area contributed by atoms with E-state index < -0.39 is 24.7 Å². The van der Waals surface area contributed by atoms with Gasteiger partial charge < -0.3 is 14.6 Å². The maximum Gasteiger partial charge on any atom is 0.416 e. The molecule has 1 aliphatic rings. The van der Waals surface area contributed by atoms with Crippen LogP contribution in [0, 0.1) is 6.92 Å². The summed E-state index contributed by atoms with van der Waals surface area (Å²) in [6.07, 6.45) is -6.43. The molecule has 1 saturated heterocycles. The predicted molar refractivity (Wildman–Crippen MR) is 79.7 cm³/mol. The summed E-state index contributed by atoms with van der Waals surface area (Å²) in [5.74, 6) is -0.465. The molecule has 1 atom stereocenters. The zero-order valence-electron chi connectivity index (χ0n) is 12.2. The second kappa shape index (κ2) is 5.72. The minimum absolute atomic E-state index is 0.126. The number of aryl methyl sites for hydroxylation is 1. The van der Waals surface area contributed by atoms with Crippen molar-refractivity contribution in [1.82, 2.24) is 9.88 Å². The fourth-order valence-electron chi connectivity index (χ4n) is 2.70. The van der Waals surface area contributed by atoms with Gasteiger partial charge >= 0.3 is 6.18 Å². The monoisotopic (exact) mass is 346 g/mol. The fourth-order valence-corrected chi connectivity index (χ4v) is 2.87. The Hall–Kier alpha value is -1.73. The van der Waals surface area contributed by atoms with Crippen molar-refractivity contribution in [1.29, 1.82) is 0 Å². The van der Waals surface area contributed by atoms with Gasteiger partial charge in [-0.1, -0.05) is 11.6 Å². The molecule has 1 aromatic heterocycles. The van der Waals surface area contributed by atoms with E-state index in [0.717, 1.165) is 10.9 Å². The van der Waals surface area contributed by atoms with Crippen LogP contribution in [-0.4, -0.2) is 47.8 Å². The van der Waals surface area contributed by atoms with E-state index in [1.54, 1.807) is 25.1 Å². The van der Waals surface area contributed by atoms with E-state index in [0.29, 0.717) is 10.6 Å². The lowest BCUT2D eigenvalue weighted by atomic mass is 10.1. The molecule has 23 heavy (non-hydrogen) atoms. The van der Waals surface area contributed by atoms with Crippen molar-refractivity contribution >= 4 is 28.4 Å². The zero-order valence-corrected chi connectivity index (χ0v) is 13.0. The van der Waals surface area contributed by atoms with Crippen molar-refractivity contribution in [2.75, 3.05) is 19.7 Å². The van der Waals surface area contributed by atoms with Gasteiger partial charge in [0.25, 0.3) is 5.91 Å². The number of nitrogens with one attached hydrogen (secondary N) is 1. The van der Waals surface area contributed by atoms with Gasteiger partial charge in [-0.05, 0) is 30.7 Å². The normalized spacial score (nSPS) is 19.3. The van der Waals surface area contributed by atoms with E-state index in [9.17, 15) is 18.0 Å². The van der Waals surface area contributed by atoms with Gasteiger partial charge in [0.1, 0.15) is 5.69 Å². The lowest BCUT2D eigenvalue weighted by Gasteiger charge is -2.33. The summed E-state index contributed by atoms with van der Waals surface area (Å²) in [5, 5.41) is 1.31. The Morgan fingerprint density at radius 1 is 1.43 bits per heavy atom. The molecular formula is C15H14ClF3N2O2. The molecule has 0 aliphatic carbocycles. The predicted octanol–water partition coefficient (Wildman–Crippen LogP) is 3.53. The van der Waals surface area contributed by atoms with Crippen LogP contribution >= 0.6 is 11.6 Å². The summed E-state index contributed by atoms with van der Waals surface area (Å²) < 4.78 is 43.1. The molecule has 1 aliphatic heterocycles. The van der Waals surface area contributed by atoms with Crippen LogP contribution in [0.1, 0.15) is 16.1 Å². The number of carbonyl (C=O) groups is 1. The van der Waals surface area contributed by atoms with E-state index in [1.807, 2.05) is 0 Å². The number of fused-ring (bicyclic) bond motifs is 1. The number of carbonyl (C=O) groups excluding carboxylic acids is 1. The number of amides is 1. The van der Waals surface area contributed by atoms with E-state index in [2.05, 4.69) is 4.98 Å².